The lowest BCUT2D eigenvalue weighted by atomic mass is 10.0. The Kier molecular flexibility index (Phi) is 7.28. The summed E-state index contributed by atoms with van der Waals surface area (Å²) in [6, 6.07) is 13.7. The Hall–Kier alpha value is -4.56. The summed E-state index contributed by atoms with van der Waals surface area (Å²) in [5.41, 5.74) is 1.97. The first-order chi connectivity index (χ1) is 17.9. The highest BCUT2D eigenvalue weighted by Crippen LogP contribution is 2.26. The van der Waals surface area contributed by atoms with Crippen LogP contribution in [0.1, 0.15) is 64.3 Å². The fourth-order valence-electron chi connectivity index (χ4n) is 3.79. The number of aryl methyl sites for hydroxylation is 2. The van der Waals surface area contributed by atoms with Crippen LogP contribution in [0.4, 0.5) is 5.69 Å². The number of carbonyl (C=O) groups excluding carboxylic acids is 2. The monoisotopic (exact) mass is 531 g/mol. The molecule has 0 saturated carbocycles. The number of rotatable bonds is 6. The van der Waals surface area contributed by atoms with E-state index in [2.05, 4.69) is 37.2 Å². The second kappa shape index (κ2) is 10.4. The van der Waals surface area contributed by atoms with E-state index in [0.29, 0.717) is 33.4 Å². The minimum absolute atomic E-state index is 0.174. The summed E-state index contributed by atoms with van der Waals surface area (Å²) in [6.07, 6.45) is 0. The van der Waals surface area contributed by atoms with Gasteiger partial charge in [-0.25, -0.2) is 4.68 Å². The van der Waals surface area contributed by atoms with Crippen LogP contribution >= 0.6 is 11.6 Å². The van der Waals surface area contributed by atoms with Gasteiger partial charge in [-0.1, -0.05) is 23.7 Å². The highest BCUT2D eigenvalue weighted by molar-refractivity contribution is 6.32. The van der Waals surface area contributed by atoms with Crippen molar-refractivity contribution in [2.75, 3.05) is 5.32 Å². The van der Waals surface area contributed by atoms with Crippen molar-refractivity contribution in [1.82, 2.24) is 35.3 Å². The van der Waals surface area contributed by atoms with Crippen molar-refractivity contribution < 1.29 is 9.59 Å². The van der Waals surface area contributed by atoms with E-state index in [9.17, 15) is 14.9 Å². The number of aromatic nitrogens is 6. The number of nitrogens with one attached hydrogen (secondary N) is 2. The lowest BCUT2D eigenvalue weighted by Crippen LogP contribution is -2.41. The topological polar surface area (TPSA) is 143 Å². The fraction of sp³-hybridized carbons (Fsp3) is 0.269. The third-order valence-electron chi connectivity index (χ3n) is 5.37. The zero-order valence-corrected chi connectivity index (χ0v) is 22.3. The van der Waals surface area contributed by atoms with Gasteiger partial charge in [0.2, 0.25) is 0 Å². The van der Waals surface area contributed by atoms with Gasteiger partial charge >= 0.3 is 0 Å². The average molecular weight is 532 g/mol. The number of amides is 2. The van der Waals surface area contributed by atoms with Crippen molar-refractivity contribution in [1.29, 1.82) is 5.26 Å². The highest BCUT2D eigenvalue weighted by atomic mass is 35.5. The molecule has 4 aromatic rings. The number of nitrogens with zero attached hydrogens (tertiary/aromatic N) is 7. The second-order valence-corrected chi connectivity index (χ2v) is 10.1. The van der Waals surface area contributed by atoms with Crippen LogP contribution in [0.2, 0.25) is 5.02 Å². The maximum atomic E-state index is 13.7. The zero-order chi connectivity index (χ0) is 27.6. The van der Waals surface area contributed by atoms with Gasteiger partial charge in [0.15, 0.2) is 5.82 Å². The molecule has 2 heterocycles. The van der Waals surface area contributed by atoms with E-state index in [-0.39, 0.29) is 23.5 Å². The first-order valence-electron chi connectivity index (χ1n) is 11.7. The standard InChI is InChI=1S/C26H26ClN9O2/c1-15-10-17(13-28)11-19(24(37)30-26(3,4)5)23(15)29-25(38)22-12-18(14-35-32-16(2)31-34-35)33-36(22)21-9-7-6-8-20(21)27/h6-12H,14H2,1-5H3,(H,29,38)(H,30,37). The zero-order valence-electron chi connectivity index (χ0n) is 21.6. The van der Waals surface area contributed by atoms with Gasteiger partial charge in [0.1, 0.15) is 12.2 Å². The molecule has 0 saturated heterocycles. The van der Waals surface area contributed by atoms with Gasteiger partial charge in [-0.15, -0.1) is 10.2 Å². The molecule has 38 heavy (non-hydrogen) atoms. The first-order valence-corrected chi connectivity index (χ1v) is 12.1. The Balaban J connectivity index is 1.77. The maximum absolute atomic E-state index is 13.7. The Morgan fingerprint density at radius 3 is 2.45 bits per heavy atom. The molecule has 2 aromatic carbocycles. The van der Waals surface area contributed by atoms with Crippen LogP contribution < -0.4 is 10.6 Å². The summed E-state index contributed by atoms with van der Waals surface area (Å²) in [4.78, 5) is 28.2. The van der Waals surface area contributed by atoms with Crippen LogP contribution in [-0.4, -0.2) is 47.3 Å². The average Bonchev–Trinajstić information content (AvgIpc) is 3.45. The predicted octanol–water partition coefficient (Wildman–Crippen LogP) is 3.83. The molecule has 11 nitrogen and oxygen atoms in total. The van der Waals surface area contributed by atoms with E-state index < -0.39 is 17.4 Å². The number of hydrogen-bond acceptors (Lipinski definition) is 7. The maximum Gasteiger partial charge on any atom is 0.274 e. The van der Waals surface area contributed by atoms with E-state index in [0.717, 1.165) is 0 Å². The summed E-state index contributed by atoms with van der Waals surface area (Å²) in [5.74, 6) is -0.434. The smallest absolute Gasteiger partial charge is 0.274 e. The summed E-state index contributed by atoms with van der Waals surface area (Å²) in [5, 5.41) is 32.2. The van der Waals surface area contributed by atoms with Gasteiger partial charge in [-0.05, 0) is 75.7 Å². The number of para-hydroxylation sites is 1. The predicted molar refractivity (Wildman–Crippen MR) is 141 cm³/mol. The van der Waals surface area contributed by atoms with Gasteiger partial charge < -0.3 is 10.6 Å². The molecule has 12 heteroatoms. The van der Waals surface area contributed by atoms with E-state index >= 15 is 0 Å². The first kappa shape index (κ1) is 26.5. The van der Waals surface area contributed by atoms with Gasteiger partial charge in [0.05, 0.1) is 39.3 Å². The van der Waals surface area contributed by atoms with Crippen molar-refractivity contribution >= 4 is 29.1 Å². The van der Waals surface area contributed by atoms with E-state index in [1.54, 1.807) is 50.2 Å². The molecule has 4 rings (SSSR count). The van der Waals surface area contributed by atoms with E-state index in [1.165, 1.54) is 15.5 Å². The Labute approximate surface area is 224 Å². The van der Waals surface area contributed by atoms with Crippen molar-refractivity contribution in [3.05, 3.63) is 81.4 Å². The molecular formula is C26H26ClN9O2. The Bertz CT molecular complexity index is 1570. The fourth-order valence-corrected chi connectivity index (χ4v) is 4.01. The molecule has 0 aliphatic rings. The second-order valence-electron chi connectivity index (χ2n) is 9.74. The van der Waals surface area contributed by atoms with Crippen LogP contribution in [0.25, 0.3) is 5.69 Å². The van der Waals surface area contributed by atoms with Crippen molar-refractivity contribution in [3.8, 4) is 11.8 Å². The van der Waals surface area contributed by atoms with Crippen LogP contribution in [0.3, 0.4) is 0 Å². The van der Waals surface area contributed by atoms with Crippen LogP contribution in [0, 0.1) is 25.2 Å². The van der Waals surface area contributed by atoms with Crippen molar-refractivity contribution in [2.45, 2.75) is 46.7 Å². The number of halogens is 1. The van der Waals surface area contributed by atoms with Gasteiger partial charge in [0.25, 0.3) is 11.8 Å². The number of anilines is 1. The quantitative estimate of drug-likeness (QED) is 0.384. The van der Waals surface area contributed by atoms with Crippen LogP contribution in [-0.2, 0) is 6.54 Å². The molecule has 2 amide bonds. The molecule has 0 unspecified atom stereocenters. The molecule has 2 N–H and O–H groups in total. The molecule has 0 aliphatic heterocycles. The summed E-state index contributed by atoms with van der Waals surface area (Å²) in [6.45, 7) is 9.16. The molecule has 0 atom stereocenters. The third-order valence-corrected chi connectivity index (χ3v) is 5.69. The molecular weight excluding hydrogens is 506 g/mol. The largest absolute Gasteiger partial charge is 0.347 e. The third kappa shape index (κ3) is 5.87. The number of hydrogen-bond donors (Lipinski definition) is 2. The van der Waals surface area contributed by atoms with Gasteiger partial charge in [-0.2, -0.15) is 15.2 Å². The molecule has 0 aliphatic carbocycles. The normalized spacial score (nSPS) is 11.2. The highest BCUT2D eigenvalue weighted by Gasteiger charge is 2.24. The summed E-state index contributed by atoms with van der Waals surface area (Å²) in [7, 11) is 0. The molecule has 0 radical (unpaired) electrons. The van der Waals surface area contributed by atoms with Crippen molar-refractivity contribution in [2.24, 2.45) is 0 Å². The SMILES string of the molecule is Cc1nnn(Cc2cc(C(=O)Nc3c(C)cc(C#N)cc3C(=O)NC(C)(C)C)n(-c3ccccc3Cl)n2)n1. The minimum atomic E-state index is -0.528. The Morgan fingerprint density at radius 2 is 1.82 bits per heavy atom. The lowest BCUT2D eigenvalue weighted by Gasteiger charge is -2.22. The van der Waals surface area contributed by atoms with Crippen LogP contribution in [0.5, 0.6) is 0 Å². The number of tetrazole rings is 1. The molecule has 0 fully saturated rings. The van der Waals surface area contributed by atoms with Crippen LogP contribution in [0.15, 0.2) is 42.5 Å². The molecule has 2 aromatic heterocycles. The number of benzene rings is 2. The minimum Gasteiger partial charge on any atom is -0.347 e. The van der Waals surface area contributed by atoms with E-state index in [4.69, 9.17) is 11.6 Å². The van der Waals surface area contributed by atoms with Crippen molar-refractivity contribution in [3.63, 3.8) is 0 Å². The van der Waals surface area contributed by atoms with Gasteiger partial charge in [0, 0.05) is 5.54 Å². The summed E-state index contributed by atoms with van der Waals surface area (Å²) >= 11 is 6.44. The van der Waals surface area contributed by atoms with E-state index in [1.807, 2.05) is 20.8 Å². The molecule has 194 valence electrons. The molecule has 0 bridgehead atoms. The number of nitriles is 1. The lowest BCUT2D eigenvalue weighted by molar-refractivity contribution is 0.0920. The number of carbonyl (C=O) groups is 2. The van der Waals surface area contributed by atoms with Gasteiger partial charge in [-0.3, -0.25) is 9.59 Å². The summed E-state index contributed by atoms with van der Waals surface area (Å²) < 4.78 is 1.44. The Morgan fingerprint density at radius 1 is 1.08 bits per heavy atom. The molecule has 0 spiro atoms.